The number of anilines is 1. The number of nitro groups is 1. The molecule has 0 spiro atoms. The van der Waals surface area contributed by atoms with Gasteiger partial charge in [-0.3, -0.25) is 14.9 Å². The summed E-state index contributed by atoms with van der Waals surface area (Å²) in [7, 11) is 0. The van der Waals surface area contributed by atoms with Crippen molar-refractivity contribution >= 4 is 11.4 Å². The summed E-state index contributed by atoms with van der Waals surface area (Å²) in [5, 5.41) is 40.0. The summed E-state index contributed by atoms with van der Waals surface area (Å²) >= 11 is 0. The minimum absolute atomic E-state index is 0.108. The molecule has 0 radical (unpaired) electrons. The van der Waals surface area contributed by atoms with Crippen molar-refractivity contribution in [2.24, 2.45) is 0 Å². The number of aliphatic hydroxyl groups excluding tert-OH is 2. The van der Waals surface area contributed by atoms with E-state index in [9.17, 15) is 20.0 Å². The Balaban J connectivity index is 2.99. The molecule has 1 aromatic rings. The fourth-order valence-corrected chi connectivity index (χ4v) is 1.11. The first-order valence-corrected chi connectivity index (χ1v) is 4.59. The van der Waals surface area contributed by atoms with Gasteiger partial charge in [0.05, 0.1) is 17.6 Å². The average molecular weight is 245 g/mol. The maximum Gasteiger partial charge on any atom is 0.377 e. The summed E-state index contributed by atoms with van der Waals surface area (Å²) in [6.45, 7) is -0.632. The topological polar surface area (TPSA) is 149 Å². The number of hydrogen-bond donors (Lipinski definition) is 5. The first-order chi connectivity index (χ1) is 7.97. The van der Waals surface area contributed by atoms with Crippen molar-refractivity contribution in [1.82, 2.24) is 4.98 Å². The Hall–Kier alpha value is -2.13. The van der Waals surface area contributed by atoms with E-state index < -0.39 is 34.6 Å². The van der Waals surface area contributed by atoms with Gasteiger partial charge in [0, 0.05) is 12.7 Å². The Morgan fingerprint density at radius 3 is 2.76 bits per heavy atom. The predicted octanol–water partition coefficient (Wildman–Crippen LogP) is -1.25. The van der Waals surface area contributed by atoms with Gasteiger partial charge in [-0.05, 0) is 0 Å². The summed E-state index contributed by atoms with van der Waals surface area (Å²) in [5.74, 6) is -0.816. The summed E-state index contributed by atoms with van der Waals surface area (Å²) in [6.07, 6.45) is -0.0465. The number of aliphatic hydroxyl groups is 2. The molecule has 0 aromatic carbocycles. The van der Waals surface area contributed by atoms with Crippen molar-refractivity contribution in [3.05, 3.63) is 26.7 Å². The van der Waals surface area contributed by atoms with Crippen LogP contribution in [0.25, 0.3) is 0 Å². The molecule has 9 heteroatoms. The largest absolute Gasteiger partial charge is 0.500 e. The van der Waals surface area contributed by atoms with Crippen molar-refractivity contribution in [2.75, 3.05) is 18.5 Å². The van der Waals surface area contributed by atoms with Gasteiger partial charge in [0.25, 0.3) is 0 Å². The number of pyridine rings is 1. The Kier molecular flexibility index (Phi) is 4.01. The highest BCUT2D eigenvalue weighted by atomic mass is 16.6. The zero-order valence-electron chi connectivity index (χ0n) is 8.58. The SMILES string of the molecule is O=c1[nH]cc(NCC(O)CO)c(O)c1[N+](=O)[O-]. The number of nitrogens with zero attached hydrogens (tertiary/aromatic N) is 1. The first kappa shape index (κ1) is 12.9. The predicted molar refractivity (Wildman–Crippen MR) is 57.0 cm³/mol. The zero-order valence-corrected chi connectivity index (χ0v) is 8.58. The van der Waals surface area contributed by atoms with E-state index in [2.05, 4.69) is 10.3 Å². The Bertz CT molecular complexity index is 471. The molecule has 0 aliphatic rings. The van der Waals surface area contributed by atoms with E-state index in [1.807, 2.05) is 0 Å². The van der Waals surface area contributed by atoms with Crippen LogP contribution in [0.4, 0.5) is 11.4 Å². The normalized spacial score (nSPS) is 12.1. The summed E-state index contributed by atoms with van der Waals surface area (Å²) in [6, 6.07) is 0. The molecule has 0 fully saturated rings. The molecule has 0 aliphatic carbocycles. The number of hydrogen-bond acceptors (Lipinski definition) is 7. The standard InChI is InChI=1S/C8H11N3O6/c12-3-4(13)1-9-5-2-10-8(15)6(7(5)14)11(16)17/h2,4,9,12-13H,1,3H2,(H2,10,14,15). The van der Waals surface area contributed by atoms with Crippen LogP contribution in [0.3, 0.4) is 0 Å². The Morgan fingerprint density at radius 1 is 1.59 bits per heavy atom. The van der Waals surface area contributed by atoms with Crippen molar-refractivity contribution in [2.45, 2.75) is 6.10 Å². The molecular formula is C8H11N3O6. The zero-order chi connectivity index (χ0) is 13.0. The van der Waals surface area contributed by atoms with Crippen molar-refractivity contribution in [1.29, 1.82) is 0 Å². The van der Waals surface area contributed by atoms with Gasteiger partial charge in [0.2, 0.25) is 5.75 Å². The fourth-order valence-electron chi connectivity index (χ4n) is 1.11. The molecule has 1 heterocycles. The lowest BCUT2D eigenvalue weighted by Crippen LogP contribution is -2.23. The van der Waals surface area contributed by atoms with Crippen LogP contribution in [0.15, 0.2) is 11.0 Å². The second-order valence-electron chi connectivity index (χ2n) is 3.20. The van der Waals surface area contributed by atoms with Crippen LogP contribution in [0.2, 0.25) is 0 Å². The maximum absolute atomic E-state index is 11.1. The van der Waals surface area contributed by atoms with Crippen LogP contribution < -0.4 is 10.9 Å². The van der Waals surface area contributed by atoms with E-state index in [4.69, 9.17) is 10.2 Å². The van der Waals surface area contributed by atoms with Gasteiger partial charge >= 0.3 is 11.2 Å². The molecular weight excluding hydrogens is 234 g/mol. The lowest BCUT2D eigenvalue weighted by Gasteiger charge is -2.10. The van der Waals surface area contributed by atoms with Gasteiger partial charge in [-0.15, -0.1) is 0 Å². The Morgan fingerprint density at radius 2 is 2.24 bits per heavy atom. The molecule has 9 nitrogen and oxygen atoms in total. The third-order valence-corrected chi connectivity index (χ3v) is 1.96. The molecule has 1 aromatic heterocycles. The van der Waals surface area contributed by atoms with Gasteiger partial charge in [0.1, 0.15) is 5.69 Å². The molecule has 5 N–H and O–H groups in total. The van der Waals surface area contributed by atoms with E-state index in [0.717, 1.165) is 6.20 Å². The van der Waals surface area contributed by atoms with E-state index in [0.29, 0.717) is 0 Å². The molecule has 0 aliphatic heterocycles. The highest BCUT2D eigenvalue weighted by molar-refractivity contribution is 5.63. The molecule has 0 bridgehead atoms. The molecule has 0 saturated carbocycles. The fraction of sp³-hybridized carbons (Fsp3) is 0.375. The van der Waals surface area contributed by atoms with Crippen LogP contribution in [0.1, 0.15) is 0 Å². The monoisotopic (exact) mass is 245 g/mol. The van der Waals surface area contributed by atoms with Crippen LogP contribution in [0, 0.1) is 10.1 Å². The number of nitrogens with one attached hydrogen (secondary N) is 2. The Labute approximate surface area is 94.5 Å². The lowest BCUT2D eigenvalue weighted by molar-refractivity contribution is -0.387. The van der Waals surface area contributed by atoms with Crippen molar-refractivity contribution in [3.63, 3.8) is 0 Å². The number of aromatic amines is 1. The number of rotatable bonds is 5. The number of H-pyrrole nitrogens is 1. The quantitative estimate of drug-likeness (QED) is 0.321. The van der Waals surface area contributed by atoms with E-state index in [1.54, 1.807) is 0 Å². The van der Waals surface area contributed by atoms with E-state index in [-0.39, 0.29) is 12.2 Å². The van der Waals surface area contributed by atoms with Crippen LogP contribution in [0.5, 0.6) is 5.75 Å². The average Bonchev–Trinajstić information content (AvgIpc) is 2.27. The highest BCUT2D eigenvalue weighted by Crippen LogP contribution is 2.28. The van der Waals surface area contributed by atoms with Gasteiger partial charge in [0.15, 0.2) is 0 Å². The van der Waals surface area contributed by atoms with Crippen molar-refractivity contribution in [3.8, 4) is 5.75 Å². The second-order valence-corrected chi connectivity index (χ2v) is 3.20. The third kappa shape index (κ3) is 2.92. The van der Waals surface area contributed by atoms with Crippen molar-refractivity contribution < 1.29 is 20.2 Å². The van der Waals surface area contributed by atoms with Gasteiger partial charge in [-0.25, -0.2) is 0 Å². The van der Waals surface area contributed by atoms with Crippen LogP contribution in [-0.4, -0.2) is 44.5 Å². The van der Waals surface area contributed by atoms with Gasteiger partial charge < -0.3 is 25.6 Å². The molecule has 1 unspecified atom stereocenters. The van der Waals surface area contributed by atoms with E-state index in [1.165, 1.54) is 0 Å². The lowest BCUT2D eigenvalue weighted by atomic mass is 10.3. The molecule has 1 atom stereocenters. The summed E-state index contributed by atoms with van der Waals surface area (Å²) < 4.78 is 0. The number of aromatic nitrogens is 1. The molecule has 1 rings (SSSR count). The molecule has 17 heavy (non-hydrogen) atoms. The third-order valence-electron chi connectivity index (χ3n) is 1.96. The summed E-state index contributed by atoms with van der Waals surface area (Å²) in [5.41, 5.74) is -2.11. The molecule has 0 saturated heterocycles. The molecule has 94 valence electrons. The van der Waals surface area contributed by atoms with E-state index >= 15 is 0 Å². The summed E-state index contributed by atoms with van der Waals surface area (Å²) in [4.78, 5) is 22.6. The first-order valence-electron chi connectivity index (χ1n) is 4.59. The minimum Gasteiger partial charge on any atom is -0.500 e. The minimum atomic E-state index is -1.08. The maximum atomic E-state index is 11.1. The van der Waals surface area contributed by atoms with Gasteiger partial charge in [-0.2, -0.15) is 0 Å². The second kappa shape index (κ2) is 5.27. The smallest absolute Gasteiger partial charge is 0.377 e. The number of aromatic hydroxyl groups is 1. The van der Waals surface area contributed by atoms with Crippen LogP contribution >= 0.6 is 0 Å². The highest BCUT2D eigenvalue weighted by Gasteiger charge is 2.22. The van der Waals surface area contributed by atoms with Gasteiger partial charge in [-0.1, -0.05) is 0 Å². The van der Waals surface area contributed by atoms with Crippen LogP contribution in [-0.2, 0) is 0 Å². The molecule has 0 amide bonds.